The van der Waals surface area contributed by atoms with Crippen LogP contribution in [0.15, 0.2) is 51.8 Å². The first-order chi connectivity index (χ1) is 14.5. The summed E-state index contributed by atoms with van der Waals surface area (Å²) in [5.41, 5.74) is 1.83. The van der Waals surface area contributed by atoms with E-state index in [-0.39, 0.29) is 12.0 Å². The molecule has 4 nitrogen and oxygen atoms in total. The minimum absolute atomic E-state index is 0.0657. The van der Waals surface area contributed by atoms with Crippen molar-refractivity contribution in [3.8, 4) is 5.75 Å². The number of hydrogen-bond acceptors (Lipinski definition) is 5. The van der Waals surface area contributed by atoms with Crippen LogP contribution >= 0.6 is 51.5 Å². The van der Waals surface area contributed by atoms with Gasteiger partial charge in [-0.3, -0.25) is 9.69 Å². The standard InChI is InChI=1S/C22H19BrClNO3S2/c23-16-5-8-19(28-13-14-3-6-17(24)7-4-14)15(10-16)11-20-21(26)25(22(29)30-20)12-18-2-1-9-27-18/h3-8,10-11,18H,1-2,9,12-13H2/b20-11-/t18-/m1/s1. The van der Waals surface area contributed by atoms with Crippen molar-refractivity contribution < 1.29 is 14.3 Å². The highest BCUT2D eigenvalue weighted by molar-refractivity contribution is 9.10. The smallest absolute Gasteiger partial charge is 0.266 e. The number of carbonyl (C=O) groups excluding carboxylic acids is 1. The second-order valence-corrected chi connectivity index (χ2v) is 10.1. The van der Waals surface area contributed by atoms with E-state index in [0.717, 1.165) is 35.0 Å². The van der Waals surface area contributed by atoms with Gasteiger partial charge < -0.3 is 9.47 Å². The largest absolute Gasteiger partial charge is 0.488 e. The zero-order chi connectivity index (χ0) is 21.1. The number of rotatable bonds is 6. The van der Waals surface area contributed by atoms with Crippen LogP contribution in [0.1, 0.15) is 24.0 Å². The Morgan fingerprint density at radius 1 is 1.30 bits per heavy atom. The van der Waals surface area contributed by atoms with Crippen LogP contribution in [0.3, 0.4) is 0 Å². The first-order valence-corrected chi connectivity index (χ1v) is 11.9. The van der Waals surface area contributed by atoms with Gasteiger partial charge in [-0.25, -0.2) is 0 Å². The first-order valence-electron chi connectivity index (χ1n) is 9.53. The van der Waals surface area contributed by atoms with Crippen LogP contribution in [0.4, 0.5) is 0 Å². The van der Waals surface area contributed by atoms with Gasteiger partial charge in [0.2, 0.25) is 0 Å². The molecule has 0 bridgehead atoms. The van der Waals surface area contributed by atoms with Gasteiger partial charge in [0.25, 0.3) is 5.91 Å². The summed E-state index contributed by atoms with van der Waals surface area (Å²) in [5, 5.41) is 0.688. The molecule has 2 heterocycles. The Morgan fingerprint density at radius 3 is 2.83 bits per heavy atom. The van der Waals surface area contributed by atoms with E-state index in [1.165, 1.54) is 11.8 Å². The SMILES string of the molecule is O=C1/C(=C/c2cc(Br)ccc2OCc2ccc(Cl)cc2)SC(=S)N1C[C@H]1CCCO1. The summed E-state index contributed by atoms with van der Waals surface area (Å²) in [5.74, 6) is 0.613. The molecule has 0 N–H and O–H groups in total. The van der Waals surface area contributed by atoms with Crippen molar-refractivity contribution in [2.24, 2.45) is 0 Å². The van der Waals surface area contributed by atoms with Gasteiger partial charge in [-0.15, -0.1) is 0 Å². The van der Waals surface area contributed by atoms with Gasteiger partial charge in [-0.1, -0.05) is 63.6 Å². The summed E-state index contributed by atoms with van der Waals surface area (Å²) < 4.78 is 13.2. The molecule has 0 radical (unpaired) electrons. The quantitative estimate of drug-likeness (QED) is 0.339. The van der Waals surface area contributed by atoms with Crippen molar-refractivity contribution in [1.82, 2.24) is 4.90 Å². The summed E-state index contributed by atoms with van der Waals surface area (Å²) >= 11 is 16.2. The number of halogens is 2. The van der Waals surface area contributed by atoms with E-state index in [1.807, 2.05) is 48.5 Å². The maximum Gasteiger partial charge on any atom is 0.266 e. The molecule has 1 amide bonds. The lowest BCUT2D eigenvalue weighted by atomic mass is 10.1. The molecule has 2 aliphatic rings. The van der Waals surface area contributed by atoms with Gasteiger partial charge in [0.05, 0.1) is 17.6 Å². The van der Waals surface area contributed by atoms with Crippen LogP contribution in [-0.2, 0) is 16.1 Å². The Balaban J connectivity index is 1.52. The lowest BCUT2D eigenvalue weighted by Gasteiger charge is -2.18. The molecule has 1 atom stereocenters. The maximum absolute atomic E-state index is 12.9. The van der Waals surface area contributed by atoms with Crippen molar-refractivity contribution in [1.29, 1.82) is 0 Å². The van der Waals surface area contributed by atoms with Crippen LogP contribution in [0, 0.1) is 0 Å². The van der Waals surface area contributed by atoms with Gasteiger partial charge in [0, 0.05) is 21.7 Å². The summed E-state index contributed by atoms with van der Waals surface area (Å²) in [4.78, 5) is 15.2. The molecule has 2 aromatic carbocycles. The summed E-state index contributed by atoms with van der Waals surface area (Å²) in [6.45, 7) is 1.67. The van der Waals surface area contributed by atoms with Crippen LogP contribution in [0.2, 0.25) is 5.02 Å². The Labute approximate surface area is 198 Å². The fourth-order valence-electron chi connectivity index (χ4n) is 3.30. The van der Waals surface area contributed by atoms with Crippen LogP contribution < -0.4 is 4.74 Å². The minimum Gasteiger partial charge on any atom is -0.488 e. The van der Waals surface area contributed by atoms with E-state index in [9.17, 15) is 4.79 Å². The van der Waals surface area contributed by atoms with E-state index < -0.39 is 0 Å². The zero-order valence-corrected chi connectivity index (χ0v) is 20.0. The predicted octanol–water partition coefficient (Wildman–Crippen LogP) is 6.06. The molecule has 8 heteroatoms. The Morgan fingerprint density at radius 2 is 2.10 bits per heavy atom. The first kappa shape index (κ1) is 21.8. The predicted molar refractivity (Wildman–Crippen MR) is 129 cm³/mol. The van der Waals surface area contributed by atoms with Crippen molar-refractivity contribution in [2.45, 2.75) is 25.6 Å². The molecular formula is C22H19BrClNO3S2. The van der Waals surface area contributed by atoms with Gasteiger partial charge in [0.1, 0.15) is 16.7 Å². The highest BCUT2D eigenvalue weighted by Crippen LogP contribution is 2.36. The molecule has 2 aliphatic heterocycles. The van der Waals surface area contributed by atoms with E-state index in [4.69, 9.17) is 33.3 Å². The van der Waals surface area contributed by atoms with E-state index in [0.29, 0.717) is 33.1 Å². The normalized spacial score (nSPS) is 20.4. The maximum atomic E-state index is 12.9. The molecule has 0 aromatic heterocycles. The number of carbonyl (C=O) groups is 1. The average Bonchev–Trinajstić information content (AvgIpc) is 3.33. The van der Waals surface area contributed by atoms with E-state index in [1.54, 1.807) is 4.90 Å². The lowest BCUT2D eigenvalue weighted by molar-refractivity contribution is -0.123. The molecule has 30 heavy (non-hydrogen) atoms. The zero-order valence-electron chi connectivity index (χ0n) is 16.0. The van der Waals surface area contributed by atoms with Gasteiger partial charge >= 0.3 is 0 Å². The topological polar surface area (TPSA) is 38.8 Å². The molecule has 0 aliphatic carbocycles. The van der Waals surface area contributed by atoms with Crippen molar-refractivity contribution in [3.05, 3.63) is 68.0 Å². The Bertz CT molecular complexity index is 990. The number of hydrogen-bond donors (Lipinski definition) is 0. The number of amides is 1. The second kappa shape index (κ2) is 9.83. The number of benzene rings is 2. The number of ether oxygens (including phenoxy) is 2. The van der Waals surface area contributed by atoms with Gasteiger partial charge in [-0.2, -0.15) is 0 Å². The second-order valence-electron chi connectivity index (χ2n) is 7.02. The van der Waals surface area contributed by atoms with Crippen LogP contribution in [0.25, 0.3) is 6.08 Å². The molecule has 2 saturated heterocycles. The fourth-order valence-corrected chi connectivity index (χ4v) is 5.07. The third-order valence-corrected chi connectivity index (χ3v) is 6.97. The molecule has 0 saturated carbocycles. The highest BCUT2D eigenvalue weighted by atomic mass is 79.9. The molecule has 156 valence electrons. The Kier molecular flexibility index (Phi) is 7.16. The van der Waals surface area contributed by atoms with Crippen molar-refractivity contribution in [3.63, 3.8) is 0 Å². The average molecular weight is 525 g/mol. The molecular weight excluding hydrogens is 506 g/mol. The summed E-state index contributed by atoms with van der Waals surface area (Å²) in [6.07, 6.45) is 3.90. The van der Waals surface area contributed by atoms with Gasteiger partial charge in [0.15, 0.2) is 0 Å². The molecule has 2 aromatic rings. The van der Waals surface area contributed by atoms with E-state index >= 15 is 0 Å². The van der Waals surface area contributed by atoms with Crippen molar-refractivity contribution >= 4 is 67.8 Å². The lowest BCUT2D eigenvalue weighted by Crippen LogP contribution is -2.35. The number of thioether (sulfide) groups is 1. The molecule has 0 spiro atoms. The van der Waals surface area contributed by atoms with Crippen LogP contribution in [-0.4, -0.2) is 34.4 Å². The molecule has 4 rings (SSSR count). The summed E-state index contributed by atoms with van der Waals surface area (Å²) in [7, 11) is 0. The molecule has 0 unspecified atom stereocenters. The monoisotopic (exact) mass is 523 g/mol. The highest BCUT2D eigenvalue weighted by Gasteiger charge is 2.34. The minimum atomic E-state index is -0.0795. The summed E-state index contributed by atoms with van der Waals surface area (Å²) in [6, 6.07) is 13.3. The van der Waals surface area contributed by atoms with E-state index in [2.05, 4.69) is 15.9 Å². The van der Waals surface area contributed by atoms with Crippen LogP contribution in [0.5, 0.6) is 5.75 Å². The van der Waals surface area contributed by atoms with Crippen molar-refractivity contribution in [2.75, 3.05) is 13.2 Å². The third kappa shape index (κ3) is 5.26. The third-order valence-electron chi connectivity index (χ3n) is 4.85. The number of thiocarbonyl (C=S) groups is 1. The molecule has 2 fully saturated rings. The Hall–Kier alpha value is -1.38. The number of nitrogens with zero attached hydrogens (tertiary/aromatic N) is 1. The van der Waals surface area contributed by atoms with Gasteiger partial charge in [-0.05, 0) is 54.8 Å². The fraction of sp³-hybridized carbons (Fsp3) is 0.273.